The Hall–Kier alpha value is -7.52. The van der Waals surface area contributed by atoms with E-state index in [2.05, 4.69) is 144 Å². The molecule has 11 rings (SSSR count). The summed E-state index contributed by atoms with van der Waals surface area (Å²) in [5.74, 6) is -3.00. The molecule has 72 heavy (non-hydrogen) atoms. The number of halogens is 4. The van der Waals surface area contributed by atoms with Gasteiger partial charge in [0.1, 0.15) is 5.58 Å². The average Bonchev–Trinajstić information content (AvgIpc) is 3.96. The zero-order valence-corrected chi connectivity index (χ0v) is 42.9. The molecule has 0 amide bonds. The van der Waals surface area contributed by atoms with E-state index < -0.39 is 23.3 Å². The molecule has 4 heterocycles. The van der Waals surface area contributed by atoms with Crippen LogP contribution in [0, 0.1) is 61.6 Å². The molecule has 10 heteroatoms. The van der Waals surface area contributed by atoms with Gasteiger partial charge in [0, 0.05) is 67.4 Å². The number of hydrogen-bond donors (Lipinski definition) is 0. The molecule has 7 aromatic carbocycles. The normalized spacial score (nSPS) is 11.4. The van der Waals surface area contributed by atoms with E-state index in [9.17, 15) is 17.6 Å². The van der Waals surface area contributed by atoms with Gasteiger partial charge < -0.3 is 23.5 Å². The quantitative estimate of drug-likeness (QED) is 0.0865. The zero-order chi connectivity index (χ0) is 49.7. The molecule has 0 aliphatic carbocycles. The summed E-state index contributed by atoms with van der Waals surface area (Å²) in [6.45, 7) is 12.6. The predicted molar refractivity (Wildman–Crippen MR) is 274 cm³/mol. The fourth-order valence-electron chi connectivity index (χ4n) is 9.04. The standard InChI is InChI=1S/C35H27F4N.C27H20N3O.Ir/c1-20(2)29-14-23(22-8-6-5-7-9-22)15-30(21(3)4)35(29)24-16-33(27-12-10-25(36)18-31(27)38)40-34(17-24)28-13-11-26(37)19-32(28)39;1-17-10-25(28-15-18(17)2)24-14-21(30-9-8-29(3)16-30)13-23-22-11-19-6-4-5-7-20(19)12-26(22)31-27(23)24;/h5-11,14-21H,1-4H3;4-13,15H,1-3H3;/q-2;-1;. The van der Waals surface area contributed by atoms with Crippen LogP contribution in [-0.4, -0.2) is 14.5 Å². The van der Waals surface area contributed by atoms with Crippen molar-refractivity contribution in [3.05, 3.63) is 216 Å². The number of aryl methyl sites for hydroxylation is 3. The van der Waals surface area contributed by atoms with Gasteiger partial charge in [0.05, 0.1) is 12.6 Å². The third-order valence-corrected chi connectivity index (χ3v) is 12.8. The molecular formula is C62H47F4IrN4O-3. The molecule has 0 unspecified atom stereocenters. The van der Waals surface area contributed by atoms with Crippen molar-refractivity contribution in [3.63, 3.8) is 0 Å². The Labute approximate surface area is 429 Å². The van der Waals surface area contributed by atoms with Crippen molar-refractivity contribution in [2.24, 2.45) is 7.05 Å². The van der Waals surface area contributed by atoms with Crippen LogP contribution < -0.4 is 4.57 Å². The van der Waals surface area contributed by atoms with Gasteiger partial charge in [0.2, 0.25) is 6.33 Å². The third-order valence-electron chi connectivity index (χ3n) is 12.8. The van der Waals surface area contributed by atoms with Crippen LogP contribution in [0.1, 0.15) is 61.8 Å². The Morgan fingerprint density at radius 2 is 1.21 bits per heavy atom. The molecule has 0 saturated carbocycles. The van der Waals surface area contributed by atoms with Crippen molar-refractivity contribution in [3.8, 4) is 61.7 Å². The number of aromatic nitrogens is 4. The first-order valence-electron chi connectivity index (χ1n) is 23.4. The third kappa shape index (κ3) is 9.77. The van der Waals surface area contributed by atoms with Crippen LogP contribution in [0.2, 0.25) is 0 Å². The van der Waals surface area contributed by atoms with Gasteiger partial charge in [-0.15, -0.1) is 36.4 Å². The summed E-state index contributed by atoms with van der Waals surface area (Å²) in [5, 5.41) is 4.49. The van der Waals surface area contributed by atoms with E-state index in [1.165, 1.54) is 10.9 Å². The minimum Gasteiger partial charge on any atom is -0.501 e. The number of benzene rings is 7. The molecule has 0 aliphatic heterocycles. The molecule has 1 radical (unpaired) electrons. The number of furan rings is 1. The molecule has 0 N–H and O–H groups in total. The zero-order valence-electron chi connectivity index (χ0n) is 40.6. The van der Waals surface area contributed by atoms with Gasteiger partial charge in [-0.05, 0) is 110 Å². The van der Waals surface area contributed by atoms with E-state index in [1.807, 2.05) is 53.0 Å². The molecule has 0 atom stereocenters. The van der Waals surface area contributed by atoms with Crippen molar-refractivity contribution in [2.45, 2.75) is 53.4 Å². The van der Waals surface area contributed by atoms with Crippen molar-refractivity contribution in [1.82, 2.24) is 14.5 Å². The maximum atomic E-state index is 14.9. The number of rotatable bonds is 8. The summed E-state index contributed by atoms with van der Waals surface area (Å²) in [7, 11) is 1.96. The monoisotopic (exact) mass is 1130 g/mol. The maximum absolute atomic E-state index is 14.9. The summed E-state index contributed by atoms with van der Waals surface area (Å²) in [6.07, 6.45) is 9.13. The first kappa shape index (κ1) is 49.5. The average molecular weight is 1130 g/mol. The van der Waals surface area contributed by atoms with E-state index >= 15 is 0 Å². The molecule has 361 valence electrons. The second-order valence-electron chi connectivity index (χ2n) is 18.5. The van der Waals surface area contributed by atoms with E-state index in [4.69, 9.17) is 9.40 Å². The Balaban J connectivity index is 0.000000180. The fraction of sp³-hybridized carbons (Fsp3) is 0.145. The molecule has 0 spiro atoms. The van der Waals surface area contributed by atoms with Gasteiger partial charge in [-0.2, -0.15) is 0 Å². The van der Waals surface area contributed by atoms with Gasteiger partial charge in [-0.3, -0.25) is 17.6 Å². The van der Waals surface area contributed by atoms with Crippen LogP contribution in [0.25, 0.3) is 94.4 Å². The van der Waals surface area contributed by atoms with Crippen LogP contribution in [-0.2, 0) is 27.2 Å². The van der Waals surface area contributed by atoms with E-state index in [0.29, 0.717) is 5.56 Å². The SMILES string of the molecule is CC(C)c1cc(-c2ccccc2)cc(C(C)C)c1-c1cc(-c2[c-]cc(F)cc2F)nc(-c2[c-]cc(F)cc2F)c1.Cc1cnc(-c2[c-]c(-n3[c-][n+](C)cc3)cc3c2oc2cc4ccccc4cc23)cc1C.[Ir]. The van der Waals surface area contributed by atoms with Crippen LogP contribution in [0.5, 0.6) is 0 Å². The Morgan fingerprint density at radius 3 is 1.76 bits per heavy atom. The van der Waals surface area contributed by atoms with Crippen molar-refractivity contribution in [1.29, 1.82) is 0 Å². The van der Waals surface area contributed by atoms with Crippen LogP contribution >= 0.6 is 0 Å². The summed E-state index contributed by atoms with van der Waals surface area (Å²) >= 11 is 0. The molecule has 0 fully saturated rings. The van der Waals surface area contributed by atoms with Crippen LogP contribution in [0.15, 0.2) is 150 Å². The second-order valence-corrected chi connectivity index (χ2v) is 18.5. The van der Waals surface area contributed by atoms with Crippen molar-refractivity contribution in [2.75, 3.05) is 0 Å². The molecule has 0 bridgehead atoms. The van der Waals surface area contributed by atoms with Gasteiger partial charge in [0.25, 0.3) is 0 Å². The maximum Gasteiger partial charge on any atom is 0.241 e. The number of pyridine rings is 2. The predicted octanol–water partition coefficient (Wildman–Crippen LogP) is 15.8. The van der Waals surface area contributed by atoms with Crippen LogP contribution in [0.3, 0.4) is 0 Å². The minimum atomic E-state index is -0.841. The van der Waals surface area contributed by atoms with Gasteiger partial charge in [0.15, 0.2) is 0 Å². The van der Waals surface area contributed by atoms with Gasteiger partial charge in [-0.1, -0.05) is 152 Å². The molecule has 0 saturated heterocycles. The summed E-state index contributed by atoms with van der Waals surface area (Å²) < 4.78 is 67.6. The molecule has 0 aliphatic rings. The summed E-state index contributed by atoms with van der Waals surface area (Å²) in [5.41, 5.74) is 12.7. The molecular weight excluding hydrogens is 1080 g/mol. The van der Waals surface area contributed by atoms with Crippen molar-refractivity contribution >= 4 is 32.7 Å². The minimum absolute atomic E-state index is 0. The van der Waals surface area contributed by atoms with E-state index in [0.717, 1.165) is 102 Å². The van der Waals surface area contributed by atoms with E-state index in [-0.39, 0.29) is 54.5 Å². The summed E-state index contributed by atoms with van der Waals surface area (Å²) in [6, 6.07) is 47.1. The smallest absolute Gasteiger partial charge is 0.241 e. The first-order valence-corrected chi connectivity index (χ1v) is 23.4. The first-order chi connectivity index (χ1) is 34.2. The molecule has 11 aromatic rings. The topological polar surface area (TPSA) is 47.7 Å². The largest absolute Gasteiger partial charge is 0.501 e. The van der Waals surface area contributed by atoms with Gasteiger partial charge in [-0.25, -0.2) is 0 Å². The Kier molecular flexibility index (Phi) is 13.9. The Morgan fingerprint density at radius 1 is 0.611 bits per heavy atom. The second kappa shape index (κ2) is 20.3. The number of nitrogens with zero attached hydrogens (tertiary/aromatic N) is 4. The van der Waals surface area contributed by atoms with Crippen molar-refractivity contribution < 1.29 is 46.7 Å². The van der Waals surface area contributed by atoms with E-state index in [1.54, 1.807) is 12.1 Å². The number of hydrogen-bond acceptors (Lipinski definition) is 3. The fourth-order valence-corrected chi connectivity index (χ4v) is 9.04. The van der Waals surface area contributed by atoms with Crippen LogP contribution in [0.4, 0.5) is 17.6 Å². The number of fused-ring (bicyclic) bond motifs is 4. The van der Waals surface area contributed by atoms with Gasteiger partial charge >= 0.3 is 0 Å². The molecule has 4 aromatic heterocycles. The Bertz CT molecular complexity index is 3720. The number of imidazole rings is 1. The summed E-state index contributed by atoms with van der Waals surface area (Å²) in [4.78, 5) is 9.22. The molecule has 5 nitrogen and oxygen atoms in total.